The van der Waals surface area contributed by atoms with Gasteiger partial charge in [0.25, 0.3) is 0 Å². The number of unbranched alkanes of at least 4 members (excludes halogenated alkanes) is 36. The summed E-state index contributed by atoms with van der Waals surface area (Å²) in [4.78, 5) is 38.2. The van der Waals surface area contributed by atoms with Crippen molar-refractivity contribution in [1.82, 2.24) is 0 Å². The van der Waals surface area contributed by atoms with Gasteiger partial charge >= 0.3 is 17.9 Å². The van der Waals surface area contributed by atoms with Gasteiger partial charge in [-0.05, 0) is 103 Å². The Hall–Kier alpha value is -2.63. The molecule has 6 nitrogen and oxygen atoms in total. The Balaban J connectivity index is 4.32. The van der Waals surface area contributed by atoms with Gasteiger partial charge in [0.2, 0.25) is 0 Å². The highest BCUT2D eigenvalue weighted by atomic mass is 16.6. The third kappa shape index (κ3) is 56.2. The molecule has 0 aromatic rings. The van der Waals surface area contributed by atoms with E-state index in [2.05, 4.69) is 69.4 Å². The van der Waals surface area contributed by atoms with Crippen molar-refractivity contribution in [3.05, 3.63) is 48.6 Å². The molecular formula is C63H114O6. The molecule has 69 heavy (non-hydrogen) atoms. The standard InChI is InChI=1S/C63H114O6/c1-4-7-10-13-16-19-22-25-27-29-31-32-33-35-36-38-41-44-47-50-53-56-62(65)68-59-60(58-67-61(64)55-52-49-46-43-40-24-21-18-15-12-9-6-3)69-63(66)57-54-51-48-45-42-39-37-34-30-28-26-23-20-17-14-11-8-5-2/h18,20-21,23,28-31,60H,4-17,19,22,24-27,32-59H2,1-3H3/b21-18-,23-20-,30-28-,31-29-. The second-order valence-electron chi connectivity index (χ2n) is 20.2. The Morgan fingerprint density at radius 1 is 0.290 bits per heavy atom. The van der Waals surface area contributed by atoms with Crippen LogP contribution in [-0.4, -0.2) is 37.2 Å². The Morgan fingerprint density at radius 3 is 0.855 bits per heavy atom. The molecule has 0 aliphatic rings. The maximum absolute atomic E-state index is 12.9. The summed E-state index contributed by atoms with van der Waals surface area (Å²) in [6, 6.07) is 0. The minimum Gasteiger partial charge on any atom is -0.462 e. The minimum absolute atomic E-state index is 0.0784. The number of allylic oxidation sites excluding steroid dienone is 8. The maximum Gasteiger partial charge on any atom is 0.306 e. The lowest BCUT2D eigenvalue weighted by atomic mass is 10.1. The lowest BCUT2D eigenvalue weighted by Gasteiger charge is -2.18. The Kier molecular flexibility index (Phi) is 55.7. The van der Waals surface area contributed by atoms with E-state index in [0.29, 0.717) is 19.3 Å². The summed E-state index contributed by atoms with van der Waals surface area (Å²) in [5.41, 5.74) is 0. The number of hydrogen-bond donors (Lipinski definition) is 0. The van der Waals surface area contributed by atoms with Gasteiger partial charge in [0.05, 0.1) is 0 Å². The van der Waals surface area contributed by atoms with Gasteiger partial charge in [-0.25, -0.2) is 0 Å². The van der Waals surface area contributed by atoms with Crippen LogP contribution in [0.25, 0.3) is 0 Å². The first-order valence-electron chi connectivity index (χ1n) is 30.1. The lowest BCUT2D eigenvalue weighted by molar-refractivity contribution is -0.167. The van der Waals surface area contributed by atoms with E-state index in [1.54, 1.807) is 0 Å². The molecule has 0 aromatic carbocycles. The van der Waals surface area contributed by atoms with Crippen molar-refractivity contribution in [2.45, 2.75) is 322 Å². The molecule has 0 spiro atoms. The molecule has 1 atom stereocenters. The normalized spacial score (nSPS) is 12.3. The molecule has 0 amide bonds. The van der Waals surface area contributed by atoms with Gasteiger partial charge in [0.15, 0.2) is 6.10 Å². The molecule has 0 saturated carbocycles. The maximum atomic E-state index is 12.9. The molecule has 0 aromatic heterocycles. The molecule has 0 rings (SSSR count). The molecular weight excluding hydrogens is 853 g/mol. The van der Waals surface area contributed by atoms with Crippen molar-refractivity contribution >= 4 is 17.9 Å². The Bertz CT molecular complexity index is 1200. The zero-order valence-corrected chi connectivity index (χ0v) is 46.1. The van der Waals surface area contributed by atoms with Crippen LogP contribution in [0.3, 0.4) is 0 Å². The topological polar surface area (TPSA) is 78.9 Å². The summed E-state index contributed by atoms with van der Waals surface area (Å²) >= 11 is 0. The van der Waals surface area contributed by atoms with Crippen LogP contribution in [0.5, 0.6) is 0 Å². The van der Waals surface area contributed by atoms with Crippen molar-refractivity contribution in [2.75, 3.05) is 13.2 Å². The Labute approximate surface area is 428 Å². The van der Waals surface area contributed by atoms with Crippen molar-refractivity contribution in [3.8, 4) is 0 Å². The first kappa shape index (κ1) is 66.4. The van der Waals surface area contributed by atoms with Gasteiger partial charge in [0, 0.05) is 19.3 Å². The van der Waals surface area contributed by atoms with Gasteiger partial charge < -0.3 is 14.2 Å². The van der Waals surface area contributed by atoms with Crippen molar-refractivity contribution in [2.24, 2.45) is 0 Å². The van der Waals surface area contributed by atoms with Crippen molar-refractivity contribution < 1.29 is 28.6 Å². The smallest absolute Gasteiger partial charge is 0.306 e. The number of hydrogen-bond acceptors (Lipinski definition) is 6. The molecule has 402 valence electrons. The summed E-state index contributed by atoms with van der Waals surface area (Å²) < 4.78 is 16.9. The van der Waals surface area contributed by atoms with E-state index < -0.39 is 6.10 Å². The molecule has 0 bridgehead atoms. The van der Waals surface area contributed by atoms with Gasteiger partial charge in [-0.2, -0.15) is 0 Å². The van der Waals surface area contributed by atoms with E-state index >= 15 is 0 Å². The second-order valence-corrected chi connectivity index (χ2v) is 20.2. The van der Waals surface area contributed by atoms with E-state index in [0.717, 1.165) is 77.0 Å². The number of carbonyl (C=O) groups is 3. The monoisotopic (exact) mass is 967 g/mol. The van der Waals surface area contributed by atoms with Gasteiger partial charge in [-0.1, -0.05) is 243 Å². The summed E-state index contributed by atoms with van der Waals surface area (Å²) in [7, 11) is 0. The summed E-state index contributed by atoms with van der Waals surface area (Å²) in [5.74, 6) is -0.883. The zero-order chi connectivity index (χ0) is 50.0. The number of esters is 3. The second kappa shape index (κ2) is 57.9. The molecule has 0 aliphatic carbocycles. The van der Waals surface area contributed by atoms with E-state index in [9.17, 15) is 14.4 Å². The zero-order valence-electron chi connectivity index (χ0n) is 46.1. The SMILES string of the molecule is CCCCC/C=C\CCCCCCCC(=O)OCC(COC(=O)CCCCCCCCCCC/C=C\CCCCCCCCCC)OC(=O)CCCCCCCCC/C=C\C/C=C\CCCCCC. The highest BCUT2D eigenvalue weighted by Gasteiger charge is 2.19. The van der Waals surface area contributed by atoms with Crippen LogP contribution >= 0.6 is 0 Å². The van der Waals surface area contributed by atoms with Crippen LogP contribution in [0.4, 0.5) is 0 Å². The first-order valence-corrected chi connectivity index (χ1v) is 30.1. The van der Waals surface area contributed by atoms with Gasteiger partial charge in [-0.15, -0.1) is 0 Å². The van der Waals surface area contributed by atoms with Gasteiger partial charge in [0.1, 0.15) is 13.2 Å². The van der Waals surface area contributed by atoms with Crippen molar-refractivity contribution in [3.63, 3.8) is 0 Å². The predicted octanol–water partition coefficient (Wildman–Crippen LogP) is 20.2. The number of ether oxygens (including phenoxy) is 3. The van der Waals surface area contributed by atoms with Gasteiger partial charge in [-0.3, -0.25) is 14.4 Å². The van der Waals surface area contributed by atoms with Crippen LogP contribution in [0.1, 0.15) is 316 Å². The van der Waals surface area contributed by atoms with Crippen LogP contribution in [0, 0.1) is 0 Å². The fourth-order valence-corrected chi connectivity index (χ4v) is 8.70. The number of carbonyl (C=O) groups excluding carboxylic acids is 3. The molecule has 1 unspecified atom stereocenters. The summed E-state index contributed by atoms with van der Waals surface area (Å²) in [6.07, 6.45) is 71.0. The average molecular weight is 968 g/mol. The van der Waals surface area contributed by atoms with Crippen LogP contribution in [-0.2, 0) is 28.6 Å². The third-order valence-electron chi connectivity index (χ3n) is 13.3. The quantitative estimate of drug-likeness (QED) is 0.0262. The lowest BCUT2D eigenvalue weighted by Crippen LogP contribution is -2.30. The van der Waals surface area contributed by atoms with Crippen LogP contribution < -0.4 is 0 Å². The first-order chi connectivity index (χ1) is 34.0. The van der Waals surface area contributed by atoms with E-state index in [4.69, 9.17) is 14.2 Å². The Morgan fingerprint density at radius 2 is 0.522 bits per heavy atom. The molecule has 0 heterocycles. The highest BCUT2D eigenvalue weighted by Crippen LogP contribution is 2.16. The number of rotatable bonds is 55. The molecule has 0 radical (unpaired) electrons. The average Bonchev–Trinajstić information content (AvgIpc) is 3.35. The summed E-state index contributed by atoms with van der Waals surface area (Å²) in [6.45, 7) is 6.62. The largest absolute Gasteiger partial charge is 0.462 e. The minimum atomic E-state index is -0.781. The molecule has 6 heteroatoms. The van der Waals surface area contributed by atoms with E-state index in [1.165, 1.54) is 199 Å². The van der Waals surface area contributed by atoms with Crippen molar-refractivity contribution in [1.29, 1.82) is 0 Å². The summed E-state index contributed by atoms with van der Waals surface area (Å²) in [5, 5.41) is 0. The molecule has 0 saturated heterocycles. The van der Waals surface area contributed by atoms with Crippen LogP contribution in [0.2, 0.25) is 0 Å². The molecule has 0 fully saturated rings. The fourth-order valence-electron chi connectivity index (χ4n) is 8.70. The molecule has 0 N–H and O–H groups in total. The predicted molar refractivity (Wildman–Crippen MR) is 298 cm³/mol. The fraction of sp³-hybridized carbons (Fsp3) is 0.825. The highest BCUT2D eigenvalue weighted by molar-refractivity contribution is 5.71. The van der Waals surface area contributed by atoms with E-state index in [1.807, 2.05) is 0 Å². The third-order valence-corrected chi connectivity index (χ3v) is 13.3. The van der Waals surface area contributed by atoms with E-state index in [-0.39, 0.29) is 31.1 Å². The van der Waals surface area contributed by atoms with Crippen LogP contribution in [0.15, 0.2) is 48.6 Å². The molecule has 0 aliphatic heterocycles.